The van der Waals surface area contributed by atoms with Gasteiger partial charge in [-0.2, -0.15) is 5.10 Å². The van der Waals surface area contributed by atoms with Crippen molar-refractivity contribution in [3.8, 4) is 5.75 Å². The summed E-state index contributed by atoms with van der Waals surface area (Å²) in [6.07, 6.45) is 5.82. The van der Waals surface area contributed by atoms with E-state index in [4.69, 9.17) is 0 Å². The lowest BCUT2D eigenvalue weighted by molar-refractivity contribution is 0.455. The molecule has 1 aromatic rings. The highest BCUT2D eigenvalue weighted by Crippen LogP contribution is 2.30. The fraction of sp³-hybridized carbons (Fsp3) is 0.286. The molecule has 2 heterocycles. The van der Waals surface area contributed by atoms with Crippen molar-refractivity contribution < 1.29 is 5.11 Å². The number of hydrazone groups is 1. The Labute approximate surface area is 106 Å². The molecular formula is C14H15N3O. The Morgan fingerprint density at radius 2 is 2.17 bits per heavy atom. The third-order valence-corrected chi connectivity index (χ3v) is 3.25. The van der Waals surface area contributed by atoms with Gasteiger partial charge >= 0.3 is 0 Å². The summed E-state index contributed by atoms with van der Waals surface area (Å²) in [5, 5.41) is 14.2. The topological polar surface area (TPSA) is 57.0 Å². The Bertz CT molecular complexity index is 546. The summed E-state index contributed by atoms with van der Waals surface area (Å²) in [7, 11) is 0. The van der Waals surface area contributed by atoms with Crippen LogP contribution < -0.4 is 5.43 Å². The van der Waals surface area contributed by atoms with Crippen molar-refractivity contribution in [1.29, 1.82) is 0 Å². The van der Waals surface area contributed by atoms with Gasteiger partial charge in [0, 0.05) is 30.3 Å². The summed E-state index contributed by atoms with van der Waals surface area (Å²) in [5.74, 6) is 0.317. The second kappa shape index (κ2) is 4.64. The van der Waals surface area contributed by atoms with Gasteiger partial charge in [-0.3, -0.25) is 4.99 Å². The van der Waals surface area contributed by atoms with Crippen LogP contribution in [0, 0.1) is 0 Å². The molecule has 2 N–H and O–H groups in total. The number of phenols is 1. The molecular weight excluding hydrogens is 226 g/mol. The minimum atomic E-state index is 0.0532. The number of hydrogen-bond donors (Lipinski definition) is 2. The van der Waals surface area contributed by atoms with Gasteiger partial charge in [-0.1, -0.05) is 24.3 Å². The third-order valence-electron chi connectivity index (χ3n) is 3.25. The van der Waals surface area contributed by atoms with Crippen molar-refractivity contribution in [2.45, 2.75) is 18.9 Å². The zero-order valence-corrected chi connectivity index (χ0v) is 10.0. The molecule has 0 aliphatic carbocycles. The normalized spacial score (nSPS) is 22.3. The minimum absolute atomic E-state index is 0.0532. The lowest BCUT2D eigenvalue weighted by Crippen LogP contribution is -2.10. The van der Waals surface area contributed by atoms with Gasteiger partial charge in [-0.15, -0.1) is 0 Å². The van der Waals surface area contributed by atoms with Crippen LogP contribution in [0.25, 0.3) is 0 Å². The van der Waals surface area contributed by atoms with Gasteiger partial charge in [0.05, 0.1) is 11.8 Å². The third kappa shape index (κ3) is 2.01. The van der Waals surface area contributed by atoms with Crippen LogP contribution in [0.3, 0.4) is 0 Å². The molecule has 2 aliphatic rings. The molecule has 0 saturated heterocycles. The molecule has 4 heteroatoms. The fourth-order valence-corrected chi connectivity index (χ4v) is 2.29. The van der Waals surface area contributed by atoms with Gasteiger partial charge < -0.3 is 10.5 Å². The molecule has 3 rings (SSSR count). The molecule has 1 unspecified atom stereocenters. The Kier molecular flexibility index (Phi) is 2.84. The summed E-state index contributed by atoms with van der Waals surface area (Å²) < 4.78 is 0. The van der Waals surface area contributed by atoms with Crippen molar-refractivity contribution in [1.82, 2.24) is 5.43 Å². The maximum Gasteiger partial charge on any atom is 0.120 e. The van der Waals surface area contributed by atoms with E-state index in [-0.39, 0.29) is 6.04 Å². The maximum absolute atomic E-state index is 9.84. The quantitative estimate of drug-likeness (QED) is 0.833. The highest BCUT2D eigenvalue weighted by atomic mass is 16.3. The van der Waals surface area contributed by atoms with Gasteiger partial charge in [0.25, 0.3) is 0 Å². The van der Waals surface area contributed by atoms with Gasteiger partial charge in [-0.05, 0) is 12.5 Å². The van der Waals surface area contributed by atoms with Crippen molar-refractivity contribution in [3.63, 3.8) is 0 Å². The first-order chi connectivity index (χ1) is 8.84. The molecule has 18 heavy (non-hydrogen) atoms. The first kappa shape index (κ1) is 11.0. The first-order valence-electron chi connectivity index (χ1n) is 6.15. The van der Waals surface area contributed by atoms with Gasteiger partial charge in [0.15, 0.2) is 0 Å². The number of benzene rings is 1. The van der Waals surface area contributed by atoms with Gasteiger partial charge in [0.2, 0.25) is 0 Å². The zero-order valence-electron chi connectivity index (χ0n) is 10.0. The van der Waals surface area contributed by atoms with Crippen molar-refractivity contribution in [2.75, 3.05) is 6.54 Å². The Morgan fingerprint density at radius 1 is 1.28 bits per heavy atom. The number of allylic oxidation sites excluding steroid dienone is 1. The average molecular weight is 241 g/mol. The summed E-state index contributed by atoms with van der Waals surface area (Å²) in [4.78, 5) is 4.27. The van der Waals surface area contributed by atoms with E-state index in [2.05, 4.69) is 21.6 Å². The second-order valence-electron chi connectivity index (χ2n) is 4.49. The van der Waals surface area contributed by atoms with Crippen LogP contribution in [0.5, 0.6) is 5.75 Å². The van der Waals surface area contributed by atoms with E-state index in [1.54, 1.807) is 6.07 Å². The number of hydrogen-bond acceptors (Lipinski definition) is 4. The minimum Gasteiger partial charge on any atom is -0.508 e. The summed E-state index contributed by atoms with van der Waals surface area (Å²) >= 11 is 0. The highest BCUT2D eigenvalue weighted by Gasteiger charge is 2.24. The molecule has 0 saturated carbocycles. The van der Waals surface area contributed by atoms with Crippen LogP contribution in [0.2, 0.25) is 0 Å². The second-order valence-corrected chi connectivity index (χ2v) is 4.49. The monoisotopic (exact) mass is 241 g/mol. The Hall–Kier alpha value is -2.10. The van der Waals surface area contributed by atoms with Gasteiger partial charge in [0.1, 0.15) is 5.75 Å². The van der Waals surface area contributed by atoms with E-state index in [1.165, 1.54) is 0 Å². The fourth-order valence-electron chi connectivity index (χ4n) is 2.29. The molecule has 92 valence electrons. The van der Waals surface area contributed by atoms with Crippen molar-refractivity contribution >= 4 is 11.9 Å². The van der Waals surface area contributed by atoms with E-state index in [0.29, 0.717) is 5.75 Å². The Balaban J connectivity index is 1.77. The van der Waals surface area contributed by atoms with Crippen LogP contribution >= 0.6 is 0 Å². The number of nitrogens with one attached hydrogen (secondary N) is 1. The molecule has 2 aliphatic heterocycles. The smallest absolute Gasteiger partial charge is 0.120 e. The number of dihydropyridines is 1. The van der Waals surface area contributed by atoms with Crippen LogP contribution in [-0.4, -0.2) is 23.6 Å². The number of aromatic hydroxyl groups is 1. The van der Waals surface area contributed by atoms with E-state index in [9.17, 15) is 5.11 Å². The standard InChI is InChI=1S/C14H15N3O/c18-14-6-2-1-5-11(14)13-8-12(16-17-13)10-4-3-7-15-9-10/h1-2,4-6,9,13,17-18H,3,7-8H2. The molecule has 0 amide bonds. The van der Waals surface area contributed by atoms with Crippen LogP contribution in [0.4, 0.5) is 0 Å². The molecule has 0 fully saturated rings. The van der Waals surface area contributed by atoms with E-state index in [0.717, 1.165) is 36.2 Å². The number of phenolic OH excluding ortho intramolecular Hbond substituents is 1. The maximum atomic E-state index is 9.84. The lowest BCUT2D eigenvalue weighted by atomic mass is 9.98. The number of aliphatic imine (C=N–C) groups is 1. The summed E-state index contributed by atoms with van der Waals surface area (Å²) in [6.45, 7) is 0.868. The molecule has 0 bridgehead atoms. The number of para-hydroxylation sites is 1. The Morgan fingerprint density at radius 3 is 2.94 bits per heavy atom. The van der Waals surface area contributed by atoms with E-state index < -0.39 is 0 Å². The number of rotatable bonds is 2. The molecule has 0 radical (unpaired) electrons. The number of nitrogens with zero attached hydrogens (tertiary/aromatic N) is 2. The van der Waals surface area contributed by atoms with E-state index >= 15 is 0 Å². The lowest BCUT2D eigenvalue weighted by Gasteiger charge is -2.12. The van der Waals surface area contributed by atoms with Crippen LogP contribution in [-0.2, 0) is 0 Å². The van der Waals surface area contributed by atoms with Crippen molar-refractivity contribution in [3.05, 3.63) is 41.5 Å². The molecule has 0 aromatic heterocycles. The predicted molar refractivity (Wildman–Crippen MR) is 72.1 cm³/mol. The van der Waals surface area contributed by atoms with E-state index in [1.807, 2.05) is 24.4 Å². The first-order valence-corrected chi connectivity index (χ1v) is 6.15. The molecule has 4 nitrogen and oxygen atoms in total. The zero-order chi connectivity index (χ0) is 12.4. The largest absolute Gasteiger partial charge is 0.508 e. The molecule has 0 spiro atoms. The highest BCUT2D eigenvalue weighted by molar-refractivity contribution is 6.17. The van der Waals surface area contributed by atoms with Gasteiger partial charge in [-0.25, -0.2) is 0 Å². The molecule has 1 aromatic carbocycles. The predicted octanol–water partition coefficient (Wildman–Crippen LogP) is 2.18. The average Bonchev–Trinajstić information content (AvgIpc) is 2.90. The molecule has 1 atom stereocenters. The van der Waals surface area contributed by atoms with Crippen LogP contribution in [0.1, 0.15) is 24.4 Å². The summed E-state index contributed by atoms with van der Waals surface area (Å²) in [5.41, 5.74) is 6.10. The summed E-state index contributed by atoms with van der Waals surface area (Å²) in [6, 6.07) is 7.44. The SMILES string of the molecule is Oc1ccccc1C1CC(C2=CCCN=C2)=NN1. The van der Waals surface area contributed by atoms with Crippen LogP contribution in [0.15, 0.2) is 46.0 Å². The van der Waals surface area contributed by atoms with Crippen molar-refractivity contribution in [2.24, 2.45) is 10.1 Å².